The van der Waals surface area contributed by atoms with Gasteiger partial charge in [0, 0.05) is 30.8 Å². The lowest BCUT2D eigenvalue weighted by molar-refractivity contribution is 0.0470. The van der Waals surface area contributed by atoms with E-state index in [1.165, 1.54) is 29.3 Å². The summed E-state index contributed by atoms with van der Waals surface area (Å²) in [6.45, 7) is 0.626. The number of benzene rings is 3. The van der Waals surface area contributed by atoms with Crippen LogP contribution in [0.2, 0.25) is 0 Å². The molecule has 4 aromatic rings. The summed E-state index contributed by atoms with van der Waals surface area (Å²) in [7, 11) is 0. The Kier molecular flexibility index (Phi) is 7.86. The highest BCUT2D eigenvalue weighted by Gasteiger charge is 2.41. The largest absolute Gasteiger partial charge is 0.490 e. The summed E-state index contributed by atoms with van der Waals surface area (Å²) in [6, 6.07) is 14.4. The maximum Gasteiger partial charge on any atom is 0.414 e. The zero-order valence-corrected chi connectivity index (χ0v) is 26.3. The lowest BCUT2D eigenvalue weighted by atomic mass is 10.1. The number of cyclic esters (lactones) is 1. The number of aliphatic hydroxyl groups is 1. The van der Waals surface area contributed by atoms with Crippen LogP contribution < -0.4 is 24.7 Å². The fourth-order valence-corrected chi connectivity index (χ4v) is 6.99. The molecule has 3 fully saturated rings. The summed E-state index contributed by atoms with van der Waals surface area (Å²) in [5.41, 5.74) is 1.01. The highest BCUT2D eigenvalue weighted by Crippen LogP contribution is 2.48. The van der Waals surface area contributed by atoms with Crippen LogP contribution in [-0.4, -0.2) is 66.8 Å². The number of pyridine rings is 1. The zero-order valence-electron chi connectivity index (χ0n) is 26.3. The molecule has 1 aromatic heterocycles. The molecule has 1 amide bonds. The minimum Gasteiger partial charge on any atom is -0.490 e. The Balaban J connectivity index is 1.02. The third kappa shape index (κ3) is 5.71. The topological polar surface area (TPSA) is 120 Å². The number of aliphatic hydroxyl groups excluding tert-OH is 1. The molecule has 1 saturated carbocycles. The number of rotatable bonds is 9. The molecule has 3 aliphatic heterocycles. The second-order valence-corrected chi connectivity index (χ2v) is 12.9. The maximum absolute atomic E-state index is 16.0. The molecular formula is C36H33F2N3O8. The maximum atomic E-state index is 16.0. The first-order valence-electron chi connectivity index (χ1n) is 16.3. The van der Waals surface area contributed by atoms with Crippen LogP contribution in [0.3, 0.4) is 0 Å². The van der Waals surface area contributed by atoms with Crippen molar-refractivity contribution < 1.29 is 42.4 Å². The van der Waals surface area contributed by atoms with Crippen molar-refractivity contribution in [3.8, 4) is 11.5 Å². The number of hydrogen-bond donors (Lipinski definition) is 1. The van der Waals surface area contributed by atoms with Crippen molar-refractivity contribution in [3.05, 3.63) is 93.8 Å². The fourth-order valence-electron chi connectivity index (χ4n) is 6.99. The number of carbonyl (C=O) groups is 2. The standard InChI is InChI=1S/C36H33F2N3O8/c37-28-11-23(41-14-25(16-42)49-36(41)45)8-9-30(28)46-18-21-10-24-19-47-34-31-26(12-29(38)32(34)39(24)13-21)33(43)27(15-40(31)22-6-7-22)35(44)48-17-20-4-2-1-3-5-20/h1-5,8-9,11-12,15,21-22,24-25,42H,6-7,10,13-14,16-19H2/t21-,24+,25-/m1/s1. The van der Waals surface area contributed by atoms with Gasteiger partial charge in [-0.3, -0.25) is 9.69 Å². The Morgan fingerprint density at radius 2 is 1.82 bits per heavy atom. The van der Waals surface area contributed by atoms with E-state index in [1.807, 2.05) is 39.8 Å². The van der Waals surface area contributed by atoms with E-state index in [-0.39, 0.29) is 79.1 Å². The second-order valence-electron chi connectivity index (χ2n) is 12.9. The van der Waals surface area contributed by atoms with Crippen LogP contribution in [0.15, 0.2) is 65.6 Å². The lowest BCUT2D eigenvalue weighted by Crippen LogP contribution is -2.39. The first kappa shape index (κ1) is 31.1. The van der Waals surface area contributed by atoms with E-state index in [0.29, 0.717) is 24.2 Å². The quantitative estimate of drug-likeness (QED) is 0.246. The number of ether oxygens (including phenoxy) is 4. The first-order chi connectivity index (χ1) is 23.8. The van der Waals surface area contributed by atoms with Crippen molar-refractivity contribution in [2.24, 2.45) is 5.92 Å². The minimum atomic E-state index is -0.772. The van der Waals surface area contributed by atoms with Crippen LogP contribution in [0.25, 0.3) is 10.9 Å². The Bertz CT molecular complexity index is 2020. The minimum absolute atomic E-state index is 0.00225. The van der Waals surface area contributed by atoms with Gasteiger partial charge in [-0.25, -0.2) is 18.4 Å². The van der Waals surface area contributed by atoms with Gasteiger partial charge in [-0.2, -0.15) is 0 Å². The number of anilines is 2. The fraction of sp³-hybridized carbons (Fsp3) is 0.361. The highest BCUT2D eigenvalue weighted by atomic mass is 19.1. The summed E-state index contributed by atoms with van der Waals surface area (Å²) in [5, 5.41) is 9.34. The van der Waals surface area contributed by atoms with Gasteiger partial charge in [-0.1, -0.05) is 30.3 Å². The van der Waals surface area contributed by atoms with Gasteiger partial charge in [0.15, 0.2) is 23.1 Å². The molecule has 13 heteroatoms. The Morgan fingerprint density at radius 3 is 2.55 bits per heavy atom. The van der Waals surface area contributed by atoms with Gasteiger partial charge < -0.3 is 33.5 Å². The number of fused-ring (bicyclic) bond motifs is 5. The van der Waals surface area contributed by atoms with E-state index >= 15 is 8.78 Å². The lowest BCUT2D eigenvalue weighted by Gasteiger charge is -2.34. The molecule has 0 bridgehead atoms. The molecule has 3 aromatic carbocycles. The zero-order chi connectivity index (χ0) is 33.8. The van der Waals surface area contributed by atoms with Crippen molar-refractivity contribution in [2.75, 3.05) is 42.7 Å². The molecule has 0 radical (unpaired) electrons. The van der Waals surface area contributed by atoms with E-state index < -0.39 is 35.2 Å². The summed E-state index contributed by atoms with van der Waals surface area (Å²) >= 11 is 0. The smallest absolute Gasteiger partial charge is 0.414 e. The molecule has 4 heterocycles. The number of nitrogens with zero attached hydrogens (tertiary/aromatic N) is 3. The normalized spacial score (nSPS) is 21.3. The SMILES string of the molecule is O=C(OCc1ccccc1)c1cn(C2CC2)c2c3c(c(F)cc2c1=O)N1C[C@H](COc2ccc(N4C[C@H](CO)OC4=O)cc2F)C[C@H]1CO3. The Labute approximate surface area is 279 Å². The summed E-state index contributed by atoms with van der Waals surface area (Å²) < 4.78 is 55.5. The van der Waals surface area contributed by atoms with E-state index in [4.69, 9.17) is 18.9 Å². The number of amides is 1. The summed E-state index contributed by atoms with van der Waals surface area (Å²) in [6.07, 6.45) is 2.49. The molecule has 2 saturated heterocycles. The van der Waals surface area contributed by atoms with E-state index in [2.05, 4.69) is 0 Å². The number of halogens is 2. The number of esters is 1. The molecule has 49 heavy (non-hydrogen) atoms. The molecule has 0 unspecified atom stereocenters. The number of carbonyl (C=O) groups excluding carboxylic acids is 2. The predicted octanol–water partition coefficient (Wildman–Crippen LogP) is 4.96. The van der Waals surface area contributed by atoms with E-state index in [9.17, 15) is 19.5 Å². The molecule has 254 valence electrons. The number of aromatic nitrogens is 1. The molecule has 8 rings (SSSR count). The molecule has 1 aliphatic carbocycles. The van der Waals surface area contributed by atoms with Crippen LogP contribution in [0.4, 0.5) is 25.0 Å². The average molecular weight is 674 g/mol. The van der Waals surface area contributed by atoms with Gasteiger partial charge in [0.25, 0.3) is 0 Å². The molecule has 1 N–H and O–H groups in total. The van der Waals surface area contributed by atoms with Crippen molar-refractivity contribution in [2.45, 2.75) is 44.1 Å². The van der Waals surface area contributed by atoms with Crippen LogP contribution in [-0.2, 0) is 16.1 Å². The molecular weight excluding hydrogens is 640 g/mol. The second kappa shape index (κ2) is 12.4. The van der Waals surface area contributed by atoms with Crippen molar-refractivity contribution >= 4 is 34.3 Å². The summed E-state index contributed by atoms with van der Waals surface area (Å²) in [4.78, 5) is 42.0. The van der Waals surface area contributed by atoms with Gasteiger partial charge in [-0.15, -0.1) is 0 Å². The van der Waals surface area contributed by atoms with Gasteiger partial charge >= 0.3 is 12.1 Å². The van der Waals surface area contributed by atoms with Crippen molar-refractivity contribution in [1.29, 1.82) is 0 Å². The molecule has 4 aliphatic rings. The third-order valence-electron chi connectivity index (χ3n) is 9.56. The van der Waals surface area contributed by atoms with Gasteiger partial charge in [0.05, 0.1) is 42.4 Å². The van der Waals surface area contributed by atoms with Crippen LogP contribution in [0, 0.1) is 17.6 Å². The number of hydrogen-bond acceptors (Lipinski definition) is 9. The van der Waals surface area contributed by atoms with Crippen LogP contribution in [0.5, 0.6) is 11.5 Å². The van der Waals surface area contributed by atoms with Crippen molar-refractivity contribution in [3.63, 3.8) is 0 Å². The molecule has 0 spiro atoms. The van der Waals surface area contributed by atoms with Crippen LogP contribution >= 0.6 is 0 Å². The van der Waals surface area contributed by atoms with Crippen molar-refractivity contribution in [1.82, 2.24) is 4.57 Å². The van der Waals surface area contributed by atoms with Gasteiger partial charge in [0.1, 0.15) is 30.6 Å². The molecule has 3 atom stereocenters. The van der Waals surface area contributed by atoms with E-state index in [1.54, 1.807) is 6.07 Å². The average Bonchev–Trinajstić information content (AvgIpc) is 3.75. The van der Waals surface area contributed by atoms with Gasteiger partial charge in [-0.05, 0) is 43.0 Å². The predicted molar refractivity (Wildman–Crippen MR) is 173 cm³/mol. The molecule has 11 nitrogen and oxygen atoms in total. The summed E-state index contributed by atoms with van der Waals surface area (Å²) in [5.74, 6) is -1.85. The monoisotopic (exact) mass is 673 g/mol. The first-order valence-corrected chi connectivity index (χ1v) is 16.3. The third-order valence-corrected chi connectivity index (χ3v) is 9.56. The van der Waals surface area contributed by atoms with E-state index in [0.717, 1.165) is 18.4 Å². The van der Waals surface area contributed by atoms with Gasteiger partial charge in [0.2, 0.25) is 5.43 Å². The Morgan fingerprint density at radius 1 is 1.00 bits per heavy atom. The van der Waals surface area contributed by atoms with Crippen LogP contribution in [0.1, 0.15) is 41.2 Å². The highest BCUT2D eigenvalue weighted by molar-refractivity contribution is 5.98. The Hall–Kier alpha value is -5.17.